The second-order valence-corrected chi connectivity index (χ2v) is 7.79. The van der Waals surface area contributed by atoms with Crippen LogP contribution in [-0.2, 0) is 6.18 Å². The van der Waals surface area contributed by atoms with Gasteiger partial charge in [0.25, 0.3) is 0 Å². The van der Waals surface area contributed by atoms with E-state index in [0.717, 1.165) is 37.1 Å². The summed E-state index contributed by atoms with van der Waals surface area (Å²) in [6.07, 6.45) is -0.367. The smallest absolute Gasteiger partial charge is 0.383 e. The number of hydrogen-bond donors (Lipinski definition) is 2. The Morgan fingerprint density at radius 3 is 2.47 bits per heavy atom. The summed E-state index contributed by atoms with van der Waals surface area (Å²) in [4.78, 5) is 19.0. The monoisotopic (exact) mass is 528 g/mol. The first-order chi connectivity index (χ1) is 18.1. The Kier molecular flexibility index (Phi) is 6.98. The van der Waals surface area contributed by atoms with E-state index in [1.807, 2.05) is 6.07 Å². The Morgan fingerprint density at radius 2 is 1.89 bits per heavy atom. The minimum Gasteiger partial charge on any atom is -0.383 e. The summed E-state index contributed by atoms with van der Waals surface area (Å²) in [5.74, 6) is 2.50. The first kappa shape index (κ1) is 26.1. The van der Waals surface area contributed by atoms with Gasteiger partial charge < -0.3 is 16.1 Å². The maximum Gasteiger partial charge on any atom is 0.451 e. The van der Waals surface area contributed by atoms with Crippen molar-refractivity contribution < 1.29 is 22.0 Å². The van der Waals surface area contributed by atoms with Crippen LogP contribution in [0.2, 0.25) is 0 Å². The third kappa shape index (κ3) is 4.71. The lowest BCUT2D eigenvalue weighted by Crippen LogP contribution is -2.23. The Balaban J connectivity index is 1.91. The van der Waals surface area contributed by atoms with Gasteiger partial charge >= 0.3 is 6.18 Å². The molecular formula is C23H17F5N10. The number of alkyl halides is 3. The van der Waals surface area contributed by atoms with E-state index in [0.29, 0.717) is 6.07 Å². The highest BCUT2D eigenvalue weighted by Crippen LogP contribution is 2.39. The average molecular weight is 528 g/mol. The van der Waals surface area contributed by atoms with Gasteiger partial charge in [-0.05, 0) is 18.6 Å². The second kappa shape index (κ2) is 10.2. The quantitative estimate of drug-likeness (QED) is 0.163. The number of hydrazone groups is 1. The van der Waals surface area contributed by atoms with Gasteiger partial charge in [-0.1, -0.05) is 6.92 Å². The zero-order valence-electron chi connectivity index (χ0n) is 19.4. The van der Waals surface area contributed by atoms with Crippen molar-refractivity contribution in [1.82, 2.24) is 24.5 Å². The van der Waals surface area contributed by atoms with Gasteiger partial charge in [0, 0.05) is 29.6 Å². The van der Waals surface area contributed by atoms with Gasteiger partial charge in [-0.2, -0.15) is 23.5 Å². The molecule has 15 heteroatoms. The van der Waals surface area contributed by atoms with Gasteiger partial charge in [0.1, 0.15) is 41.1 Å². The number of aromatic nitrogens is 5. The number of nitrogens with zero attached hydrogens (tertiary/aromatic N) is 8. The second-order valence-electron chi connectivity index (χ2n) is 7.79. The summed E-state index contributed by atoms with van der Waals surface area (Å²) in [7, 11) is 0. The van der Waals surface area contributed by atoms with Crippen molar-refractivity contribution in [2.24, 2.45) is 15.9 Å². The molecule has 0 radical (unpaired) electrons. The maximum atomic E-state index is 14.1. The molecule has 0 aliphatic heterocycles. The van der Waals surface area contributed by atoms with Crippen molar-refractivity contribution in [3.63, 3.8) is 0 Å². The van der Waals surface area contributed by atoms with Crippen molar-refractivity contribution in [3.05, 3.63) is 60.1 Å². The fourth-order valence-electron chi connectivity index (χ4n) is 3.91. The molecular weight excluding hydrogens is 511 g/mol. The van der Waals surface area contributed by atoms with Crippen LogP contribution in [-0.4, -0.2) is 36.4 Å². The van der Waals surface area contributed by atoms with Crippen LogP contribution in [0.3, 0.4) is 0 Å². The number of anilines is 1. The largest absolute Gasteiger partial charge is 0.451 e. The van der Waals surface area contributed by atoms with E-state index < -0.39 is 29.7 Å². The van der Waals surface area contributed by atoms with Crippen LogP contribution in [0.15, 0.2) is 47.0 Å². The molecule has 38 heavy (non-hydrogen) atoms. The number of halogens is 5. The molecule has 0 aliphatic carbocycles. The van der Waals surface area contributed by atoms with Crippen LogP contribution in [0.1, 0.15) is 30.9 Å². The van der Waals surface area contributed by atoms with Gasteiger partial charge in [0.15, 0.2) is 5.82 Å². The van der Waals surface area contributed by atoms with E-state index in [1.54, 1.807) is 6.92 Å². The molecule has 1 aromatic carbocycles. The maximum absolute atomic E-state index is 14.1. The van der Waals surface area contributed by atoms with Crippen molar-refractivity contribution in [2.75, 3.05) is 5.73 Å². The lowest BCUT2D eigenvalue weighted by molar-refractivity contribution is -0.144. The third-order valence-corrected chi connectivity index (χ3v) is 5.55. The number of fused-ring (bicyclic) bond motifs is 1. The van der Waals surface area contributed by atoms with Crippen LogP contribution < -0.4 is 11.6 Å². The molecule has 0 amide bonds. The minimum absolute atomic E-state index is 0.0525. The first-order valence-corrected chi connectivity index (χ1v) is 10.8. The molecule has 3 heterocycles. The first-order valence-electron chi connectivity index (χ1n) is 10.8. The Bertz CT molecular complexity index is 1600. The number of hydrogen-bond acceptors (Lipinski definition) is 9. The van der Waals surface area contributed by atoms with Gasteiger partial charge in [-0.15, -0.1) is 0 Å². The highest BCUT2D eigenvalue weighted by atomic mass is 19.4. The van der Waals surface area contributed by atoms with E-state index >= 15 is 0 Å². The van der Waals surface area contributed by atoms with E-state index in [9.17, 15) is 27.2 Å². The van der Waals surface area contributed by atoms with Crippen LogP contribution in [0.4, 0.5) is 33.5 Å². The molecule has 10 nitrogen and oxygen atoms in total. The normalized spacial score (nSPS) is 13.2. The summed E-state index contributed by atoms with van der Waals surface area (Å²) >= 11 is 0. The van der Waals surface area contributed by atoms with Crippen molar-refractivity contribution >= 4 is 34.5 Å². The van der Waals surface area contributed by atoms with Crippen LogP contribution in [0.5, 0.6) is 0 Å². The van der Waals surface area contributed by atoms with Crippen molar-refractivity contribution in [1.29, 1.82) is 5.26 Å². The zero-order chi connectivity index (χ0) is 27.6. The SMILES string of the molecule is CCC(C(C=Nc1ccc(F)cc1F)=NN)n1c(C#N)c(-c2cnc(C(F)(F)F)nc2)c2c(N)ncnc21. The van der Waals surface area contributed by atoms with Crippen LogP contribution in [0.25, 0.3) is 22.2 Å². The lowest BCUT2D eigenvalue weighted by atomic mass is 10.1. The fraction of sp³-hybridized carbons (Fsp3) is 0.174. The number of nitrogens with two attached hydrogens (primary N) is 2. The van der Waals surface area contributed by atoms with E-state index in [4.69, 9.17) is 11.6 Å². The molecule has 0 saturated heterocycles. The minimum atomic E-state index is -4.77. The highest BCUT2D eigenvalue weighted by molar-refractivity contribution is 6.33. The fourth-order valence-corrected chi connectivity index (χ4v) is 3.91. The van der Waals surface area contributed by atoms with Crippen molar-refractivity contribution in [2.45, 2.75) is 25.6 Å². The topological polar surface area (TPSA) is 157 Å². The Hall–Kier alpha value is -5.00. The number of aliphatic imine (C=N–C) groups is 1. The summed E-state index contributed by atoms with van der Waals surface area (Å²) in [6.45, 7) is 1.74. The predicted molar refractivity (Wildman–Crippen MR) is 128 cm³/mol. The number of nitrogen functional groups attached to an aromatic ring is 1. The zero-order valence-corrected chi connectivity index (χ0v) is 19.4. The number of benzene rings is 1. The van der Waals surface area contributed by atoms with Crippen LogP contribution >= 0.6 is 0 Å². The lowest BCUT2D eigenvalue weighted by Gasteiger charge is -2.18. The summed E-state index contributed by atoms with van der Waals surface area (Å²) in [5, 5.41) is 14.0. The third-order valence-electron chi connectivity index (χ3n) is 5.55. The molecule has 3 aromatic heterocycles. The molecule has 4 rings (SSSR count). The molecule has 4 N–H and O–H groups in total. The molecule has 0 saturated carbocycles. The molecule has 1 unspecified atom stereocenters. The van der Waals surface area contributed by atoms with Gasteiger partial charge in [0.05, 0.1) is 23.3 Å². The summed E-state index contributed by atoms with van der Waals surface area (Å²) in [6, 6.07) is 4.02. The molecule has 0 spiro atoms. The van der Waals surface area contributed by atoms with E-state index in [1.165, 1.54) is 4.57 Å². The number of rotatable bonds is 6. The van der Waals surface area contributed by atoms with Crippen LogP contribution in [0, 0.1) is 23.0 Å². The predicted octanol–water partition coefficient (Wildman–Crippen LogP) is 4.31. The summed E-state index contributed by atoms with van der Waals surface area (Å²) in [5.41, 5.74) is 6.24. The standard InChI is InChI=1S/C23H17F5N10/c1-2-16(15(37-31)9-32-14-4-3-12(24)5-13(14)25)38-17(6-29)18(19-20(30)35-10-36-21(19)38)11-7-33-22(34-8-11)23(26,27)28/h3-5,7-10,16H,2,31H2,1H3,(H2,30,35,36). The van der Waals surface area contributed by atoms with Gasteiger partial charge in [0.2, 0.25) is 5.82 Å². The summed E-state index contributed by atoms with van der Waals surface area (Å²) < 4.78 is 67.8. The Morgan fingerprint density at radius 1 is 1.18 bits per heavy atom. The number of nitriles is 1. The molecule has 1 atom stereocenters. The highest BCUT2D eigenvalue weighted by Gasteiger charge is 2.35. The van der Waals surface area contributed by atoms with Crippen molar-refractivity contribution in [3.8, 4) is 17.2 Å². The average Bonchev–Trinajstić information content (AvgIpc) is 3.22. The molecule has 0 fully saturated rings. The van der Waals surface area contributed by atoms with Gasteiger partial charge in [-0.25, -0.2) is 28.7 Å². The van der Waals surface area contributed by atoms with E-state index in [2.05, 4.69) is 30.0 Å². The molecule has 4 aromatic rings. The molecule has 0 aliphatic rings. The Labute approximate surface area is 211 Å². The molecule has 0 bridgehead atoms. The molecule has 194 valence electrons. The van der Waals surface area contributed by atoms with E-state index in [-0.39, 0.29) is 51.5 Å². The van der Waals surface area contributed by atoms with Gasteiger partial charge in [-0.3, -0.25) is 4.99 Å².